The van der Waals surface area contributed by atoms with E-state index in [0.717, 1.165) is 22.4 Å². The van der Waals surface area contributed by atoms with Crippen LogP contribution >= 0.6 is 11.3 Å². The quantitative estimate of drug-likeness (QED) is 0.855. The predicted molar refractivity (Wildman–Crippen MR) is 88.5 cm³/mol. The van der Waals surface area contributed by atoms with Gasteiger partial charge in [0.2, 0.25) is 0 Å². The van der Waals surface area contributed by atoms with Gasteiger partial charge in [-0.1, -0.05) is 19.1 Å². The van der Waals surface area contributed by atoms with Crippen molar-refractivity contribution in [1.82, 2.24) is 0 Å². The average molecular weight is 317 g/mol. The van der Waals surface area contributed by atoms with E-state index < -0.39 is 5.97 Å². The van der Waals surface area contributed by atoms with Crippen molar-refractivity contribution in [3.05, 3.63) is 51.2 Å². The maximum atomic E-state index is 11.9. The molecule has 0 unspecified atom stereocenters. The molecular weight excluding hydrogens is 298 g/mol. The number of nitrogens with one attached hydrogen (secondary N) is 1. The van der Waals surface area contributed by atoms with Gasteiger partial charge in [-0.3, -0.25) is 4.79 Å². The van der Waals surface area contributed by atoms with Gasteiger partial charge in [0.25, 0.3) is 5.91 Å². The largest absolute Gasteiger partial charge is 0.451 e. The van der Waals surface area contributed by atoms with Crippen molar-refractivity contribution >= 4 is 28.9 Å². The zero-order valence-electron chi connectivity index (χ0n) is 12.9. The third-order valence-electron chi connectivity index (χ3n) is 3.24. The van der Waals surface area contributed by atoms with Crippen LogP contribution in [-0.2, 0) is 16.0 Å². The summed E-state index contributed by atoms with van der Waals surface area (Å²) in [5.41, 5.74) is 2.89. The molecule has 5 heteroatoms. The Kier molecular flexibility index (Phi) is 5.33. The Balaban J connectivity index is 1.89. The highest BCUT2D eigenvalue weighted by Gasteiger charge is 2.14. The van der Waals surface area contributed by atoms with Gasteiger partial charge in [0.15, 0.2) is 6.61 Å². The number of carbonyl (C=O) groups excluding carboxylic acids is 2. The number of benzene rings is 1. The Morgan fingerprint density at radius 2 is 2.00 bits per heavy atom. The fourth-order valence-corrected chi connectivity index (χ4v) is 3.10. The van der Waals surface area contributed by atoms with Crippen LogP contribution in [0.2, 0.25) is 0 Å². The van der Waals surface area contributed by atoms with Crippen molar-refractivity contribution in [2.75, 3.05) is 11.9 Å². The molecule has 0 saturated carbocycles. The number of hydrogen-bond donors (Lipinski definition) is 1. The van der Waals surface area contributed by atoms with Crippen LogP contribution in [0.25, 0.3) is 0 Å². The Morgan fingerprint density at radius 1 is 1.23 bits per heavy atom. The zero-order chi connectivity index (χ0) is 16.1. The fraction of sp³-hybridized carbons (Fsp3) is 0.294. The second kappa shape index (κ2) is 7.22. The summed E-state index contributed by atoms with van der Waals surface area (Å²) in [4.78, 5) is 25.4. The van der Waals surface area contributed by atoms with Crippen LogP contribution in [0.4, 0.5) is 5.69 Å². The smallest absolute Gasteiger partial charge is 0.348 e. The van der Waals surface area contributed by atoms with Crippen LogP contribution < -0.4 is 5.32 Å². The Morgan fingerprint density at radius 3 is 2.64 bits per heavy atom. The average Bonchev–Trinajstić information content (AvgIpc) is 2.86. The van der Waals surface area contributed by atoms with Gasteiger partial charge in [-0.15, -0.1) is 11.3 Å². The number of aryl methyl sites for hydroxylation is 3. The summed E-state index contributed by atoms with van der Waals surface area (Å²) < 4.78 is 5.06. The number of amides is 1. The molecule has 2 aromatic rings. The molecule has 1 aromatic heterocycles. The highest BCUT2D eigenvalue weighted by atomic mass is 32.1. The van der Waals surface area contributed by atoms with E-state index in [-0.39, 0.29) is 12.5 Å². The number of esters is 1. The number of hydrogen-bond acceptors (Lipinski definition) is 4. The summed E-state index contributed by atoms with van der Waals surface area (Å²) in [6.07, 6.45) is 0.878. The van der Waals surface area contributed by atoms with Crippen LogP contribution in [0, 0.1) is 13.8 Å². The SMILES string of the molecule is CCc1cc(C(=O)OCC(=O)Nc2cccc(C)c2)sc1C. The summed E-state index contributed by atoms with van der Waals surface area (Å²) in [5, 5.41) is 2.70. The molecule has 0 aliphatic carbocycles. The first-order valence-electron chi connectivity index (χ1n) is 7.12. The van der Waals surface area contributed by atoms with Gasteiger partial charge in [0, 0.05) is 10.6 Å². The predicted octanol–water partition coefficient (Wildman–Crippen LogP) is 3.72. The lowest BCUT2D eigenvalue weighted by Gasteiger charge is -2.06. The second-order valence-corrected chi connectivity index (χ2v) is 6.30. The third-order valence-corrected chi connectivity index (χ3v) is 4.31. The molecular formula is C17H19NO3S. The molecule has 1 heterocycles. The van der Waals surface area contributed by atoms with E-state index in [1.54, 1.807) is 6.07 Å². The lowest BCUT2D eigenvalue weighted by Crippen LogP contribution is -2.20. The topological polar surface area (TPSA) is 55.4 Å². The number of anilines is 1. The molecule has 1 amide bonds. The van der Waals surface area contributed by atoms with E-state index >= 15 is 0 Å². The standard InChI is InChI=1S/C17H19NO3S/c1-4-13-9-15(22-12(13)3)17(20)21-10-16(19)18-14-7-5-6-11(2)8-14/h5-9H,4,10H2,1-3H3,(H,18,19). The maximum absolute atomic E-state index is 11.9. The minimum atomic E-state index is -0.452. The van der Waals surface area contributed by atoms with Gasteiger partial charge in [-0.2, -0.15) is 0 Å². The van der Waals surface area contributed by atoms with Crippen molar-refractivity contribution in [1.29, 1.82) is 0 Å². The minimum Gasteiger partial charge on any atom is -0.451 e. The van der Waals surface area contributed by atoms with Gasteiger partial charge in [0.05, 0.1) is 0 Å². The van der Waals surface area contributed by atoms with Crippen LogP contribution in [0.5, 0.6) is 0 Å². The Hall–Kier alpha value is -2.14. The molecule has 0 radical (unpaired) electrons. The fourth-order valence-electron chi connectivity index (χ4n) is 2.09. The van der Waals surface area contributed by atoms with Crippen LogP contribution in [0.1, 0.15) is 32.6 Å². The van der Waals surface area contributed by atoms with E-state index in [2.05, 4.69) is 5.32 Å². The van der Waals surface area contributed by atoms with Gasteiger partial charge < -0.3 is 10.1 Å². The first-order valence-corrected chi connectivity index (χ1v) is 7.94. The van der Waals surface area contributed by atoms with Crippen LogP contribution in [-0.4, -0.2) is 18.5 Å². The lowest BCUT2D eigenvalue weighted by atomic mass is 10.2. The van der Waals surface area contributed by atoms with E-state index in [4.69, 9.17) is 4.74 Å². The molecule has 0 atom stereocenters. The van der Waals surface area contributed by atoms with Gasteiger partial charge in [-0.25, -0.2) is 4.79 Å². The number of ether oxygens (including phenoxy) is 1. The monoisotopic (exact) mass is 317 g/mol. The van der Waals surface area contributed by atoms with Crippen molar-refractivity contribution in [3.8, 4) is 0 Å². The molecule has 0 aliphatic heterocycles. The highest BCUT2D eigenvalue weighted by Crippen LogP contribution is 2.22. The first-order chi connectivity index (χ1) is 10.5. The molecule has 0 aliphatic rings. The van der Waals surface area contributed by atoms with Crippen molar-refractivity contribution in [2.24, 2.45) is 0 Å². The molecule has 0 bridgehead atoms. The molecule has 116 valence electrons. The molecule has 22 heavy (non-hydrogen) atoms. The molecule has 4 nitrogen and oxygen atoms in total. The summed E-state index contributed by atoms with van der Waals surface area (Å²) in [7, 11) is 0. The summed E-state index contributed by atoms with van der Waals surface area (Å²) in [6, 6.07) is 9.29. The molecule has 0 saturated heterocycles. The molecule has 2 rings (SSSR count). The Labute approximate surface area is 134 Å². The summed E-state index contributed by atoms with van der Waals surface area (Å²) in [5.74, 6) is -0.796. The zero-order valence-corrected chi connectivity index (χ0v) is 13.8. The number of thiophene rings is 1. The summed E-state index contributed by atoms with van der Waals surface area (Å²) >= 11 is 1.40. The van der Waals surface area contributed by atoms with E-state index in [0.29, 0.717) is 10.6 Å². The highest BCUT2D eigenvalue weighted by molar-refractivity contribution is 7.14. The van der Waals surface area contributed by atoms with E-state index in [1.165, 1.54) is 11.3 Å². The van der Waals surface area contributed by atoms with Crippen LogP contribution in [0.15, 0.2) is 30.3 Å². The van der Waals surface area contributed by atoms with Gasteiger partial charge in [-0.05, 0) is 49.6 Å². The molecule has 1 aromatic carbocycles. The maximum Gasteiger partial charge on any atom is 0.348 e. The third kappa shape index (κ3) is 4.18. The minimum absolute atomic E-state index is 0.287. The number of carbonyl (C=O) groups is 2. The Bertz CT molecular complexity index is 691. The van der Waals surface area contributed by atoms with Crippen molar-refractivity contribution in [3.63, 3.8) is 0 Å². The van der Waals surface area contributed by atoms with Crippen LogP contribution in [0.3, 0.4) is 0 Å². The van der Waals surface area contributed by atoms with Gasteiger partial charge >= 0.3 is 5.97 Å². The molecule has 0 spiro atoms. The van der Waals surface area contributed by atoms with Crippen molar-refractivity contribution < 1.29 is 14.3 Å². The first kappa shape index (κ1) is 16.2. The van der Waals surface area contributed by atoms with E-state index in [1.807, 2.05) is 45.0 Å². The second-order valence-electron chi connectivity index (χ2n) is 5.04. The van der Waals surface area contributed by atoms with E-state index in [9.17, 15) is 9.59 Å². The summed E-state index contributed by atoms with van der Waals surface area (Å²) in [6.45, 7) is 5.68. The molecule has 1 N–H and O–H groups in total. The van der Waals surface area contributed by atoms with Crippen molar-refractivity contribution in [2.45, 2.75) is 27.2 Å². The lowest BCUT2D eigenvalue weighted by molar-refractivity contribution is -0.119. The normalized spacial score (nSPS) is 10.3. The number of rotatable bonds is 5. The molecule has 0 fully saturated rings. The van der Waals surface area contributed by atoms with Gasteiger partial charge in [0.1, 0.15) is 4.88 Å².